The van der Waals surface area contributed by atoms with Crippen LogP contribution in [0, 0.1) is 13.8 Å². The van der Waals surface area contributed by atoms with Crippen molar-refractivity contribution in [2.75, 3.05) is 0 Å². The Kier molecular flexibility index (Phi) is 12.5. The zero-order valence-corrected chi connectivity index (χ0v) is 16.8. The Labute approximate surface area is 147 Å². The average Bonchev–Trinajstić information content (AvgIpc) is 2.61. The maximum absolute atomic E-state index is 4.73. The molecule has 23 heavy (non-hydrogen) atoms. The van der Waals surface area contributed by atoms with Crippen LogP contribution in [0.2, 0.25) is 0 Å². The molecular weight excluding hydrogens is 298 g/mol. The lowest BCUT2D eigenvalue weighted by molar-refractivity contribution is 0.872. The first kappa shape index (κ1) is 21.7. The normalized spacial score (nSPS) is 9.35. The lowest BCUT2D eigenvalue weighted by Crippen LogP contribution is -1.98. The Hall–Kier alpha value is -1.28. The number of pyridine rings is 1. The Balaban J connectivity index is 0.00000112. The number of aromatic nitrogens is 1. The molecule has 0 atom stereocenters. The standard InChI is InChI=1S/C17H21NS.2C2H6/c1-4-8-16-13(2)11-17(18-14(16)3)19-12-15-9-6-5-7-10-15;2*1-2/h5-7,9-11H,4,8,12H2,1-3H3;2*1-2H3. The van der Waals surface area contributed by atoms with Gasteiger partial charge in [-0.05, 0) is 43.0 Å². The monoisotopic (exact) mass is 331 g/mol. The average molecular weight is 332 g/mol. The molecule has 0 aliphatic rings. The molecular formula is C21H33NS. The molecule has 0 unspecified atom stereocenters. The van der Waals surface area contributed by atoms with Gasteiger partial charge in [0.1, 0.15) is 0 Å². The second-order valence-electron chi connectivity index (χ2n) is 4.87. The van der Waals surface area contributed by atoms with Crippen LogP contribution in [-0.2, 0) is 12.2 Å². The Bertz CT molecular complexity index is 512. The van der Waals surface area contributed by atoms with E-state index in [1.165, 1.54) is 28.8 Å². The van der Waals surface area contributed by atoms with Crippen molar-refractivity contribution in [2.45, 2.75) is 72.1 Å². The molecule has 1 aromatic carbocycles. The summed E-state index contributed by atoms with van der Waals surface area (Å²) in [4.78, 5) is 4.73. The maximum Gasteiger partial charge on any atom is 0.0969 e. The second-order valence-corrected chi connectivity index (χ2v) is 5.86. The lowest BCUT2D eigenvalue weighted by Gasteiger charge is -2.10. The van der Waals surface area contributed by atoms with Crippen LogP contribution < -0.4 is 0 Å². The Morgan fingerprint density at radius 3 is 2.09 bits per heavy atom. The van der Waals surface area contributed by atoms with Gasteiger partial charge in [0.25, 0.3) is 0 Å². The largest absolute Gasteiger partial charge is 0.247 e. The molecule has 0 saturated heterocycles. The van der Waals surface area contributed by atoms with Crippen molar-refractivity contribution in [3.63, 3.8) is 0 Å². The number of benzene rings is 1. The zero-order valence-electron chi connectivity index (χ0n) is 15.9. The summed E-state index contributed by atoms with van der Waals surface area (Å²) >= 11 is 1.82. The maximum atomic E-state index is 4.73. The van der Waals surface area contributed by atoms with Crippen molar-refractivity contribution < 1.29 is 0 Å². The van der Waals surface area contributed by atoms with Crippen LogP contribution in [0.1, 0.15) is 63.4 Å². The summed E-state index contributed by atoms with van der Waals surface area (Å²) < 4.78 is 0. The number of thioether (sulfide) groups is 1. The van der Waals surface area contributed by atoms with Gasteiger partial charge in [0.05, 0.1) is 5.03 Å². The van der Waals surface area contributed by atoms with Crippen LogP contribution in [0.5, 0.6) is 0 Å². The highest BCUT2D eigenvalue weighted by atomic mass is 32.2. The fourth-order valence-corrected chi connectivity index (χ4v) is 3.22. The number of aryl methyl sites for hydroxylation is 2. The summed E-state index contributed by atoms with van der Waals surface area (Å²) in [6.07, 6.45) is 2.31. The first-order chi connectivity index (χ1) is 11.2. The molecule has 0 fully saturated rings. The van der Waals surface area contributed by atoms with Crippen molar-refractivity contribution in [1.29, 1.82) is 0 Å². The third-order valence-electron chi connectivity index (χ3n) is 3.26. The smallest absolute Gasteiger partial charge is 0.0969 e. The highest BCUT2D eigenvalue weighted by molar-refractivity contribution is 7.98. The predicted octanol–water partition coefficient (Wildman–Crippen LogP) is 7.00. The first-order valence-corrected chi connectivity index (χ1v) is 9.83. The third-order valence-corrected chi connectivity index (χ3v) is 4.24. The van der Waals surface area contributed by atoms with E-state index in [0.29, 0.717) is 0 Å². The van der Waals surface area contributed by atoms with Crippen molar-refractivity contribution in [3.8, 4) is 0 Å². The molecule has 128 valence electrons. The van der Waals surface area contributed by atoms with Crippen LogP contribution in [-0.4, -0.2) is 4.98 Å². The summed E-state index contributed by atoms with van der Waals surface area (Å²) in [5.41, 5.74) is 5.34. The van der Waals surface area contributed by atoms with Gasteiger partial charge < -0.3 is 0 Å². The van der Waals surface area contributed by atoms with E-state index >= 15 is 0 Å². The minimum atomic E-state index is 0.986. The molecule has 1 heterocycles. The molecule has 0 aliphatic carbocycles. The summed E-state index contributed by atoms with van der Waals surface area (Å²) in [5.74, 6) is 0.986. The topological polar surface area (TPSA) is 12.9 Å². The summed E-state index contributed by atoms with van der Waals surface area (Å²) in [6, 6.07) is 12.8. The van der Waals surface area contributed by atoms with Gasteiger partial charge in [-0.25, -0.2) is 4.98 Å². The molecule has 2 heteroatoms. The first-order valence-electron chi connectivity index (χ1n) is 8.84. The number of hydrogen-bond donors (Lipinski definition) is 0. The molecule has 0 amide bonds. The SMILES string of the molecule is CC.CC.CCCc1c(C)cc(SCc2ccccc2)nc1C. The van der Waals surface area contributed by atoms with Crippen molar-refractivity contribution >= 4 is 11.8 Å². The van der Waals surface area contributed by atoms with Gasteiger partial charge in [0, 0.05) is 11.4 Å². The fraction of sp³-hybridized carbons (Fsp3) is 0.476. The van der Waals surface area contributed by atoms with Crippen LogP contribution in [0.4, 0.5) is 0 Å². The van der Waals surface area contributed by atoms with E-state index in [-0.39, 0.29) is 0 Å². The van der Waals surface area contributed by atoms with E-state index in [0.717, 1.165) is 17.2 Å². The van der Waals surface area contributed by atoms with Crippen molar-refractivity contribution in [2.24, 2.45) is 0 Å². The molecule has 1 aromatic heterocycles. The molecule has 2 rings (SSSR count). The summed E-state index contributed by atoms with van der Waals surface area (Å²) in [5, 5.41) is 1.14. The summed E-state index contributed by atoms with van der Waals surface area (Å²) in [6.45, 7) is 14.5. The van der Waals surface area contributed by atoms with E-state index in [4.69, 9.17) is 4.98 Å². The molecule has 0 bridgehead atoms. The van der Waals surface area contributed by atoms with E-state index in [1.54, 1.807) is 0 Å². The molecule has 2 aromatic rings. The van der Waals surface area contributed by atoms with Crippen LogP contribution in [0.15, 0.2) is 41.4 Å². The molecule has 0 radical (unpaired) electrons. The quantitative estimate of drug-likeness (QED) is 0.547. The molecule has 0 N–H and O–H groups in total. The molecule has 1 nitrogen and oxygen atoms in total. The minimum absolute atomic E-state index is 0.986. The zero-order chi connectivity index (χ0) is 17.7. The highest BCUT2D eigenvalue weighted by Gasteiger charge is 2.06. The number of nitrogens with zero attached hydrogens (tertiary/aromatic N) is 1. The van der Waals surface area contributed by atoms with Crippen LogP contribution in [0.25, 0.3) is 0 Å². The molecule has 0 spiro atoms. The van der Waals surface area contributed by atoms with Gasteiger partial charge in [0.15, 0.2) is 0 Å². The van der Waals surface area contributed by atoms with Gasteiger partial charge in [-0.15, -0.1) is 11.8 Å². The fourth-order valence-electron chi connectivity index (χ4n) is 2.26. The van der Waals surface area contributed by atoms with Crippen LogP contribution >= 0.6 is 11.8 Å². The lowest BCUT2D eigenvalue weighted by atomic mass is 10.0. The minimum Gasteiger partial charge on any atom is -0.247 e. The predicted molar refractivity (Wildman–Crippen MR) is 106 cm³/mol. The van der Waals surface area contributed by atoms with Crippen molar-refractivity contribution in [3.05, 3.63) is 58.8 Å². The molecule has 0 aliphatic heterocycles. The van der Waals surface area contributed by atoms with E-state index in [1.807, 2.05) is 39.5 Å². The van der Waals surface area contributed by atoms with E-state index < -0.39 is 0 Å². The Morgan fingerprint density at radius 1 is 0.957 bits per heavy atom. The van der Waals surface area contributed by atoms with Gasteiger partial charge in [-0.1, -0.05) is 71.4 Å². The van der Waals surface area contributed by atoms with Gasteiger partial charge in [-0.3, -0.25) is 0 Å². The van der Waals surface area contributed by atoms with Crippen LogP contribution in [0.3, 0.4) is 0 Å². The number of rotatable bonds is 5. The van der Waals surface area contributed by atoms with Gasteiger partial charge >= 0.3 is 0 Å². The van der Waals surface area contributed by atoms with Gasteiger partial charge in [-0.2, -0.15) is 0 Å². The van der Waals surface area contributed by atoms with E-state index in [9.17, 15) is 0 Å². The number of hydrogen-bond acceptors (Lipinski definition) is 2. The summed E-state index contributed by atoms with van der Waals surface area (Å²) in [7, 11) is 0. The third kappa shape index (κ3) is 7.69. The second kappa shape index (κ2) is 13.2. The van der Waals surface area contributed by atoms with E-state index in [2.05, 4.69) is 57.2 Å². The Morgan fingerprint density at radius 2 is 1.57 bits per heavy atom. The molecule has 0 saturated carbocycles. The van der Waals surface area contributed by atoms with Gasteiger partial charge in [0.2, 0.25) is 0 Å². The van der Waals surface area contributed by atoms with Crippen molar-refractivity contribution in [1.82, 2.24) is 4.98 Å². The highest BCUT2D eigenvalue weighted by Crippen LogP contribution is 2.25.